The molecule has 2 aromatic carbocycles. The van der Waals surface area contributed by atoms with E-state index in [2.05, 4.69) is 25.6 Å². The first-order valence-electron chi connectivity index (χ1n) is 9.42. The van der Waals surface area contributed by atoms with Crippen molar-refractivity contribution in [3.05, 3.63) is 64.7 Å². The van der Waals surface area contributed by atoms with Crippen LogP contribution >= 0.6 is 11.3 Å². The van der Waals surface area contributed by atoms with E-state index >= 15 is 0 Å². The molecule has 31 heavy (non-hydrogen) atoms. The van der Waals surface area contributed by atoms with E-state index in [1.807, 2.05) is 31.3 Å². The summed E-state index contributed by atoms with van der Waals surface area (Å²) in [5, 5.41) is 15.2. The number of hydrogen-bond acceptors (Lipinski definition) is 6. The average molecular weight is 450 g/mol. The Bertz CT molecular complexity index is 1020. The zero-order chi connectivity index (χ0) is 22.4. The van der Waals surface area contributed by atoms with Crippen LogP contribution in [-0.2, 0) is 17.8 Å². The van der Waals surface area contributed by atoms with E-state index in [-0.39, 0.29) is 11.7 Å². The van der Waals surface area contributed by atoms with Crippen molar-refractivity contribution >= 4 is 17.2 Å². The second-order valence-corrected chi connectivity index (χ2v) is 7.83. The van der Waals surface area contributed by atoms with Crippen molar-refractivity contribution < 1.29 is 22.7 Å². The summed E-state index contributed by atoms with van der Waals surface area (Å²) in [5.74, 6) is -0.545. The number of rotatable bonds is 8. The molecule has 1 unspecified atom stereocenters. The van der Waals surface area contributed by atoms with Gasteiger partial charge in [-0.25, -0.2) is 0 Å². The molecule has 0 saturated carbocycles. The molecule has 0 bridgehead atoms. The number of nitrogens with zero attached hydrogens (tertiary/aromatic N) is 2. The summed E-state index contributed by atoms with van der Waals surface area (Å²) in [4.78, 5) is 11.7. The Kier molecular flexibility index (Phi) is 7.24. The monoisotopic (exact) mass is 450 g/mol. The molecule has 1 aromatic heterocycles. The zero-order valence-electron chi connectivity index (χ0n) is 16.9. The second-order valence-electron chi connectivity index (χ2n) is 6.83. The smallest absolute Gasteiger partial charge is 0.406 e. The van der Waals surface area contributed by atoms with E-state index in [1.165, 1.54) is 36.5 Å². The normalized spacial score (nSPS) is 12.4. The Hall–Kier alpha value is -2.98. The summed E-state index contributed by atoms with van der Waals surface area (Å²) in [6.45, 7) is 2.18. The van der Waals surface area contributed by atoms with Crippen molar-refractivity contribution in [1.29, 1.82) is 0 Å². The van der Waals surface area contributed by atoms with Gasteiger partial charge in [0, 0.05) is 19.0 Å². The van der Waals surface area contributed by atoms with Crippen molar-refractivity contribution in [3.63, 3.8) is 0 Å². The number of aromatic nitrogens is 2. The molecule has 6 nitrogen and oxygen atoms in total. The van der Waals surface area contributed by atoms with Crippen LogP contribution in [0.3, 0.4) is 0 Å². The SMILES string of the molecule is CNCc1ccc(CC(NC(C)=O)c2nnc(-c3cccc(OC(F)(F)F)c3)s2)cc1. The maximum absolute atomic E-state index is 12.5. The first-order valence-corrected chi connectivity index (χ1v) is 10.2. The summed E-state index contributed by atoms with van der Waals surface area (Å²) < 4.78 is 41.4. The minimum Gasteiger partial charge on any atom is -0.406 e. The van der Waals surface area contributed by atoms with Gasteiger partial charge in [0.25, 0.3) is 0 Å². The molecule has 0 fully saturated rings. The molecular weight excluding hydrogens is 429 g/mol. The van der Waals surface area contributed by atoms with Gasteiger partial charge in [0.2, 0.25) is 5.91 Å². The van der Waals surface area contributed by atoms with Crippen LogP contribution < -0.4 is 15.4 Å². The Morgan fingerprint density at radius 2 is 1.84 bits per heavy atom. The van der Waals surface area contributed by atoms with E-state index in [9.17, 15) is 18.0 Å². The largest absolute Gasteiger partial charge is 0.573 e. The van der Waals surface area contributed by atoms with Crippen molar-refractivity contribution in [2.75, 3.05) is 7.05 Å². The molecular formula is C21H21F3N4O2S. The van der Waals surface area contributed by atoms with Crippen molar-refractivity contribution in [3.8, 4) is 16.3 Å². The highest BCUT2D eigenvalue weighted by Gasteiger charge is 2.31. The highest BCUT2D eigenvalue weighted by Crippen LogP contribution is 2.32. The number of amides is 1. The Morgan fingerprint density at radius 3 is 2.48 bits per heavy atom. The quantitative estimate of drug-likeness (QED) is 0.537. The maximum atomic E-state index is 12.5. The lowest BCUT2D eigenvalue weighted by Crippen LogP contribution is -2.27. The summed E-state index contributed by atoms with van der Waals surface area (Å²) in [6, 6.07) is 13.1. The molecule has 3 rings (SSSR count). The van der Waals surface area contributed by atoms with E-state index in [1.54, 1.807) is 6.07 Å². The molecule has 0 saturated heterocycles. The van der Waals surface area contributed by atoms with Crippen molar-refractivity contribution in [2.24, 2.45) is 0 Å². The fourth-order valence-corrected chi connectivity index (χ4v) is 3.89. The second kappa shape index (κ2) is 9.88. The van der Waals surface area contributed by atoms with Gasteiger partial charge in [0.15, 0.2) is 0 Å². The van der Waals surface area contributed by atoms with Crippen molar-refractivity contribution in [2.45, 2.75) is 32.3 Å². The van der Waals surface area contributed by atoms with Gasteiger partial charge in [-0.1, -0.05) is 47.7 Å². The molecule has 1 amide bonds. The van der Waals surface area contributed by atoms with E-state index in [0.29, 0.717) is 22.0 Å². The maximum Gasteiger partial charge on any atom is 0.573 e. The molecule has 1 heterocycles. The van der Waals surface area contributed by atoms with Gasteiger partial charge in [-0.15, -0.1) is 23.4 Å². The van der Waals surface area contributed by atoms with Crippen LogP contribution in [0.2, 0.25) is 0 Å². The summed E-state index contributed by atoms with van der Waals surface area (Å²) in [7, 11) is 1.87. The molecule has 2 N–H and O–H groups in total. The highest BCUT2D eigenvalue weighted by atomic mass is 32.1. The van der Waals surface area contributed by atoms with Gasteiger partial charge in [-0.2, -0.15) is 0 Å². The molecule has 0 radical (unpaired) electrons. The number of ether oxygens (including phenoxy) is 1. The Morgan fingerprint density at radius 1 is 1.13 bits per heavy atom. The highest BCUT2D eigenvalue weighted by molar-refractivity contribution is 7.14. The van der Waals surface area contributed by atoms with Crippen LogP contribution in [0.15, 0.2) is 48.5 Å². The van der Waals surface area contributed by atoms with Gasteiger partial charge in [-0.3, -0.25) is 4.79 Å². The van der Waals surface area contributed by atoms with Crippen LogP contribution in [-0.4, -0.2) is 29.5 Å². The van der Waals surface area contributed by atoms with Crippen LogP contribution in [0.1, 0.15) is 29.1 Å². The molecule has 164 valence electrons. The number of nitrogens with one attached hydrogen (secondary N) is 2. The van der Waals surface area contributed by atoms with Crippen LogP contribution in [0, 0.1) is 0 Å². The Balaban J connectivity index is 1.81. The molecule has 0 aliphatic heterocycles. The number of alkyl halides is 3. The third kappa shape index (κ3) is 6.76. The predicted molar refractivity (Wildman–Crippen MR) is 111 cm³/mol. The fourth-order valence-electron chi connectivity index (χ4n) is 3.00. The van der Waals surface area contributed by atoms with Gasteiger partial charge < -0.3 is 15.4 Å². The third-order valence-corrected chi connectivity index (χ3v) is 5.36. The number of hydrogen-bond donors (Lipinski definition) is 2. The summed E-state index contributed by atoms with van der Waals surface area (Å²) >= 11 is 1.21. The fraction of sp³-hybridized carbons (Fsp3) is 0.286. The molecule has 0 aliphatic rings. The minimum atomic E-state index is -4.77. The lowest BCUT2D eigenvalue weighted by atomic mass is 10.0. The van der Waals surface area contributed by atoms with Crippen LogP contribution in [0.4, 0.5) is 13.2 Å². The molecule has 10 heteroatoms. The van der Waals surface area contributed by atoms with E-state index < -0.39 is 12.4 Å². The number of carbonyl (C=O) groups is 1. The van der Waals surface area contributed by atoms with Gasteiger partial charge in [-0.05, 0) is 36.7 Å². The zero-order valence-corrected chi connectivity index (χ0v) is 17.7. The average Bonchev–Trinajstić information content (AvgIpc) is 3.18. The number of carbonyl (C=O) groups excluding carboxylic acids is 1. The molecule has 0 spiro atoms. The summed E-state index contributed by atoms with van der Waals surface area (Å²) in [6.07, 6.45) is -4.27. The predicted octanol–water partition coefficient (Wildman–Crippen LogP) is 4.24. The minimum absolute atomic E-state index is 0.214. The molecule has 1 atom stereocenters. The molecule has 0 aliphatic carbocycles. The van der Waals surface area contributed by atoms with E-state index in [4.69, 9.17) is 0 Å². The summed E-state index contributed by atoms with van der Waals surface area (Å²) in [5.41, 5.74) is 2.60. The number of benzene rings is 2. The van der Waals surface area contributed by atoms with Crippen LogP contribution in [0.5, 0.6) is 5.75 Å². The van der Waals surface area contributed by atoms with Gasteiger partial charge in [0.05, 0.1) is 6.04 Å². The lowest BCUT2D eigenvalue weighted by Gasteiger charge is -2.15. The topological polar surface area (TPSA) is 76.1 Å². The number of halogens is 3. The lowest BCUT2D eigenvalue weighted by molar-refractivity contribution is -0.274. The first-order chi connectivity index (χ1) is 14.7. The first kappa shape index (κ1) is 22.7. The van der Waals surface area contributed by atoms with Crippen LogP contribution in [0.25, 0.3) is 10.6 Å². The third-order valence-electron chi connectivity index (χ3n) is 4.27. The van der Waals surface area contributed by atoms with E-state index in [0.717, 1.165) is 17.7 Å². The van der Waals surface area contributed by atoms with Gasteiger partial charge in [0.1, 0.15) is 15.8 Å². The van der Waals surface area contributed by atoms with Gasteiger partial charge >= 0.3 is 6.36 Å². The standard InChI is InChI=1S/C21H21F3N4O2S/c1-13(29)26-18(10-14-6-8-15(9-7-14)12-25-2)20-28-27-19(31-20)16-4-3-5-17(11-16)30-21(22,23)24/h3-9,11,18,25H,10,12H2,1-2H3,(H,26,29). The van der Waals surface area contributed by atoms with Crippen molar-refractivity contribution in [1.82, 2.24) is 20.8 Å². The Labute approximate surface area is 181 Å². The molecule has 3 aromatic rings.